The van der Waals surface area contributed by atoms with Crippen molar-refractivity contribution in [3.8, 4) is 0 Å². The van der Waals surface area contributed by atoms with Crippen molar-refractivity contribution in [3.63, 3.8) is 0 Å². The summed E-state index contributed by atoms with van der Waals surface area (Å²) in [6.07, 6.45) is 0. The molecule has 102 valence electrons. The van der Waals surface area contributed by atoms with E-state index in [1.807, 2.05) is 13.0 Å². The summed E-state index contributed by atoms with van der Waals surface area (Å²) in [4.78, 5) is 11.0. The van der Waals surface area contributed by atoms with Crippen molar-refractivity contribution in [2.24, 2.45) is 0 Å². The molecule has 2 aromatic heterocycles. The van der Waals surface area contributed by atoms with Crippen LogP contribution in [0.2, 0.25) is 5.02 Å². The van der Waals surface area contributed by atoms with E-state index in [4.69, 9.17) is 16.0 Å². The van der Waals surface area contributed by atoms with Crippen LogP contribution < -0.4 is 5.32 Å². The molecule has 1 unspecified atom stereocenters. The Bertz CT molecular complexity index is 579. The number of hydrogen-bond donors (Lipinski definition) is 1. The summed E-state index contributed by atoms with van der Waals surface area (Å²) in [6, 6.07) is 4.53. The van der Waals surface area contributed by atoms with E-state index in [9.17, 15) is 10.1 Å². The fraction of sp³-hybridized carbons (Fsp3) is 0.273. The van der Waals surface area contributed by atoms with Gasteiger partial charge in [-0.05, 0) is 34.6 Å². The number of nitrogens with zero attached hydrogens (tertiary/aromatic N) is 1. The minimum atomic E-state index is -0.552. The second-order valence-electron chi connectivity index (χ2n) is 3.69. The zero-order chi connectivity index (χ0) is 14.0. The SMILES string of the molecule is CCNC(c1ccc([N+](=O)[O-])o1)c1cc(Cl)c(Br)s1. The molecule has 0 amide bonds. The van der Waals surface area contributed by atoms with Crippen molar-refractivity contribution in [3.05, 3.63) is 47.8 Å². The smallest absolute Gasteiger partial charge is 0.404 e. The van der Waals surface area contributed by atoms with Gasteiger partial charge < -0.3 is 9.73 Å². The van der Waals surface area contributed by atoms with Gasteiger partial charge in [-0.3, -0.25) is 10.1 Å². The first-order chi connectivity index (χ1) is 9.02. The molecule has 5 nitrogen and oxygen atoms in total. The average Bonchev–Trinajstić information content (AvgIpc) is 2.95. The molecule has 0 aliphatic rings. The fourth-order valence-corrected chi connectivity index (χ4v) is 3.48. The van der Waals surface area contributed by atoms with Crippen LogP contribution in [0.1, 0.15) is 23.6 Å². The lowest BCUT2D eigenvalue weighted by Gasteiger charge is -2.12. The van der Waals surface area contributed by atoms with E-state index >= 15 is 0 Å². The minimum absolute atomic E-state index is 0.243. The highest BCUT2D eigenvalue weighted by atomic mass is 79.9. The minimum Gasteiger partial charge on any atom is -0.404 e. The maximum atomic E-state index is 10.7. The molecule has 0 fully saturated rings. The monoisotopic (exact) mass is 364 g/mol. The van der Waals surface area contributed by atoms with Crippen LogP contribution in [0.15, 0.2) is 26.4 Å². The van der Waals surface area contributed by atoms with E-state index in [0.717, 1.165) is 8.66 Å². The van der Waals surface area contributed by atoms with Crippen molar-refractivity contribution < 1.29 is 9.34 Å². The van der Waals surface area contributed by atoms with Crippen molar-refractivity contribution in [1.82, 2.24) is 5.32 Å². The summed E-state index contributed by atoms with van der Waals surface area (Å²) in [5, 5.41) is 14.5. The Kier molecular flexibility index (Phi) is 4.62. The Labute approximate surface area is 126 Å². The van der Waals surface area contributed by atoms with Gasteiger partial charge in [-0.1, -0.05) is 18.5 Å². The van der Waals surface area contributed by atoms with Gasteiger partial charge in [0, 0.05) is 4.88 Å². The van der Waals surface area contributed by atoms with Crippen LogP contribution >= 0.6 is 38.9 Å². The van der Waals surface area contributed by atoms with E-state index in [2.05, 4.69) is 21.2 Å². The predicted molar refractivity (Wildman–Crippen MR) is 77.9 cm³/mol. The first-order valence-electron chi connectivity index (χ1n) is 5.45. The van der Waals surface area contributed by atoms with Crippen LogP contribution in [0.5, 0.6) is 0 Å². The fourth-order valence-electron chi connectivity index (χ4n) is 1.65. The molecule has 0 aliphatic carbocycles. The van der Waals surface area contributed by atoms with Crippen molar-refractivity contribution in [2.75, 3.05) is 6.54 Å². The molecule has 0 radical (unpaired) electrons. The normalized spacial score (nSPS) is 12.6. The van der Waals surface area contributed by atoms with Gasteiger partial charge in [0.15, 0.2) is 0 Å². The number of nitro groups is 1. The van der Waals surface area contributed by atoms with E-state index < -0.39 is 4.92 Å². The van der Waals surface area contributed by atoms with E-state index in [1.165, 1.54) is 17.4 Å². The first kappa shape index (κ1) is 14.5. The standard InChI is InChI=1S/C11H10BrClN2O3S/c1-2-14-10(8-5-6(13)11(12)19-8)7-3-4-9(18-7)15(16)17/h3-5,10,14H,2H2,1H3. The van der Waals surface area contributed by atoms with Gasteiger partial charge in [0.25, 0.3) is 0 Å². The Morgan fingerprint density at radius 3 is 2.84 bits per heavy atom. The van der Waals surface area contributed by atoms with Crippen LogP contribution in [-0.4, -0.2) is 11.5 Å². The first-order valence-corrected chi connectivity index (χ1v) is 7.44. The zero-order valence-electron chi connectivity index (χ0n) is 9.85. The molecule has 0 bridgehead atoms. The van der Waals surface area contributed by atoms with Gasteiger partial charge >= 0.3 is 5.88 Å². The molecule has 0 saturated heterocycles. The van der Waals surface area contributed by atoms with Gasteiger partial charge in [0.2, 0.25) is 0 Å². The van der Waals surface area contributed by atoms with Gasteiger partial charge in [0.1, 0.15) is 16.7 Å². The molecule has 0 saturated carbocycles. The molecule has 19 heavy (non-hydrogen) atoms. The van der Waals surface area contributed by atoms with E-state index in [1.54, 1.807) is 6.07 Å². The zero-order valence-corrected chi connectivity index (χ0v) is 13.0. The lowest BCUT2D eigenvalue weighted by Crippen LogP contribution is -2.20. The van der Waals surface area contributed by atoms with Crippen LogP contribution in [0.25, 0.3) is 0 Å². The maximum Gasteiger partial charge on any atom is 0.433 e. The molecule has 0 aromatic carbocycles. The van der Waals surface area contributed by atoms with Gasteiger partial charge in [0.05, 0.1) is 14.9 Å². The summed E-state index contributed by atoms with van der Waals surface area (Å²) in [5.41, 5.74) is 0. The summed E-state index contributed by atoms with van der Waals surface area (Å²) in [7, 11) is 0. The highest BCUT2D eigenvalue weighted by Crippen LogP contribution is 2.38. The van der Waals surface area contributed by atoms with E-state index in [0.29, 0.717) is 17.3 Å². The lowest BCUT2D eigenvalue weighted by molar-refractivity contribution is -0.402. The van der Waals surface area contributed by atoms with E-state index in [-0.39, 0.29) is 11.9 Å². The van der Waals surface area contributed by atoms with Crippen LogP contribution in [0.4, 0.5) is 5.88 Å². The Morgan fingerprint density at radius 1 is 1.63 bits per heavy atom. The Morgan fingerprint density at radius 2 is 2.37 bits per heavy atom. The number of thiophene rings is 1. The average molecular weight is 366 g/mol. The quantitative estimate of drug-likeness (QED) is 0.631. The Hall–Kier alpha value is -0.890. The number of hydrogen-bond acceptors (Lipinski definition) is 5. The highest BCUT2D eigenvalue weighted by molar-refractivity contribution is 9.11. The van der Waals surface area contributed by atoms with Gasteiger partial charge in [-0.15, -0.1) is 11.3 Å². The second kappa shape index (κ2) is 6.04. The van der Waals surface area contributed by atoms with Crippen molar-refractivity contribution in [1.29, 1.82) is 0 Å². The molecule has 2 heterocycles. The molecule has 1 atom stereocenters. The third-order valence-electron chi connectivity index (χ3n) is 2.43. The molecule has 0 aliphatic heterocycles. The third kappa shape index (κ3) is 3.17. The predicted octanol–water partition coefficient (Wildman–Crippen LogP) is 4.36. The largest absolute Gasteiger partial charge is 0.433 e. The number of halogens is 2. The molecule has 1 N–H and O–H groups in total. The molecule has 8 heteroatoms. The lowest BCUT2D eigenvalue weighted by atomic mass is 10.2. The summed E-state index contributed by atoms with van der Waals surface area (Å²) in [5.74, 6) is 0.235. The molecule has 2 aromatic rings. The molecular weight excluding hydrogens is 356 g/mol. The molecular formula is C11H10BrClN2O3S. The highest BCUT2D eigenvalue weighted by Gasteiger charge is 2.23. The summed E-state index contributed by atoms with van der Waals surface area (Å²) < 4.78 is 6.08. The summed E-state index contributed by atoms with van der Waals surface area (Å²) >= 11 is 10.8. The maximum absolute atomic E-state index is 10.7. The van der Waals surface area contributed by atoms with Gasteiger partial charge in [-0.2, -0.15) is 0 Å². The molecule has 0 spiro atoms. The van der Waals surface area contributed by atoms with Gasteiger partial charge in [-0.25, -0.2) is 0 Å². The number of furan rings is 1. The van der Waals surface area contributed by atoms with Crippen LogP contribution in [0, 0.1) is 10.1 Å². The second-order valence-corrected chi connectivity index (χ2v) is 6.50. The number of nitrogens with one attached hydrogen (secondary N) is 1. The molecule has 2 rings (SSSR count). The van der Waals surface area contributed by atoms with Crippen LogP contribution in [0.3, 0.4) is 0 Å². The third-order valence-corrected chi connectivity index (χ3v) is 4.97. The topological polar surface area (TPSA) is 68.3 Å². The Balaban J connectivity index is 2.35. The summed E-state index contributed by atoms with van der Waals surface area (Å²) in [6.45, 7) is 2.65. The van der Waals surface area contributed by atoms with Crippen molar-refractivity contribution >= 4 is 44.8 Å². The van der Waals surface area contributed by atoms with Crippen molar-refractivity contribution in [2.45, 2.75) is 13.0 Å². The van der Waals surface area contributed by atoms with Crippen LogP contribution in [-0.2, 0) is 0 Å². The number of rotatable bonds is 5.